The molecule has 4 fully saturated rings. The average molecular weight is 318 g/mol. The third-order valence-corrected chi connectivity index (χ3v) is 6.45. The van der Waals surface area contributed by atoms with Crippen LogP contribution in [0.1, 0.15) is 26.2 Å². The zero-order valence-electron chi connectivity index (χ0n) is 13.1. The van der Waals surface area contributed by atoms with Gasteiger partial charge in [0.2, 0.25) is 0 Å². The van der Waals surface area contributed by atoms with Gasteiger partial charge in [0.05, 0.1) is 12.6 Å². The first-order valence-electron chi connectivity index (χ1n) is 8.53. The summed E-state index contributed by atoms with van der Waals surface area (Å²) in [4.78, 5) is 4.72. The van der Waals surface area contributed by atoms with E-state index in [1.54, 1.807) is 0 Å². The van der Waals surface area contributed by atoms with Gasteiger partial charge < -0.3 is 4.74 Å². The zero-order valence-corrected chi connectivity index (χ0v) is 13.1. The number of piperidine rings is 1. The quantitative estimate of drug-likeness (QED) is 0.792. The van der Waals surface area contributed by atoms with Crippen LogP contribution in [0.4, 0.5) is 13.2 Å². The highest BCUT2D eigenvalue weighted by atomic mass is 19.4. The Labute approximate surface area is 129 Å². The molecular weight excluding hydrogens is 293 g/mol. The molecule has 2 aliphatic carbocycles. The van der Waals surface area contributed by atoms with Gasteiger partial charge in [-0.05, 0) is 43.4 Å². The Bertz CT molecular complexity index is 424. The molecular formula is C16H25F3N2O. The van der Waals surface area contributed by atoms with Crippen LogP contribution in [0.15, 0.2) is 0 Å². The SMILES string of the molecule is CCOCN1CCC2(CC(N3CC4C(C3)C4C(F)(F)F)C2)C1. The van der Waals surface area contributed by atoms with Crippen molar-refractivity contribution in [2.75, 3.05) is 39.5 Å². The number of fused-ring (bicyclic) bond motifs is 1. The summed E-state index contributed by atoms with van der Waals surface area (Å²) >= 11 is 0. The molecule has 2 heterocycles. The van der Waals surface area contributed by atoms with Gasteiger partial charge in [0.1, 0.15) is 0 Å². The smallest absolute Gasteiger partial charge is 0.366 e. The van der Waals surface area contributed by atoms with Crippen LogP contribution in [0.3, 0.4) is 0 Å². The molecule has 4 rings (SSSR count). The summed E-state index contributed by atoms with van der Waals surface area (Å²) in [6, 6.07) is 0.536. The minimum Gasteiger partial charge on any atom is -0.366 e. The van der Waals surface area contributed by atoms with Crippen molar-refractivity contribution in [3.63, 3.8) is 0 Å². The van der Waals surface area contributed by atoms with Gasteiger partial charge in [0.15, 0.2) is 0 Å². The third-order valence-electron chi connectivity index (χ3n) is 6.45. The normalized spacial score (nSPS) is 45.3. The minimum absolute atomic E-state index is 0.102. The van der Waals surface area contributed by atoms with Gasteiger partial charge in [-0.3, -0.25) is 9.80 Å². The van der Waals surface area contributed by atoms with Crippen LogP contribution in [0, 0.1) is 23.2 Å². The van der Waals surface area contributed by atoms with E-state index in [0.717, 1.165) is 26.4 Å². The first kappa shape index (κ1) is 15.2. The zero-order chi connectivity index (χ0) is 15.5. The predicted molar refractivity (Wildman–Crippen MR) is 76.2 cm³/mol. The van der Waals surface area contributed by atoms with E-state index in [-0.39, 0.29) is 11.8 Å². The van der Waals surface area contributed by atoms with E-state index in [1.807, 2.05) is 6.92 Å². The fourth-order valence-corrected chi connectivity index (χ4v) is 5.23. The predicted octanol–water partition coefficient (Wildman–Crippen LogP) is 2.58. The molecule has 4 aliphatic rings. The second-order valence-corrected chi connectivity index (χ2v) is 7.84. The summed E-state index contributed by atoms with van der Waals surface area (Å²) in [7, 11) is 0. The fraction of sp³-hybridized carbons (Fsp3) is 1.00. The lowest BCUT2D eigenvalue weighted by Crippen LogP contribution is -2.52. The van der Waals surface area contributed by atoms with E-state index in [0.29, 0.717) is 24.5 Å². The molecule has 0 amide bonds. The van der Waals surface area contributed by atoms with Gasteiger partial charge in [-0.25, -0.2) is 0 Å². The van der Waals surface area contributed by atoms with Crippen molar-refractivity contribution in [3.05, 3.63) is 0 Å². The highest BCUT2D eigenvalue weighted by Gasteiger charge is 2.68. The van der Waals surface area contributed by atoms with Gasteiger partial charge >= 0.3 is 6.18 Å². The fourth-order valence-electron chi connectivity index (χ4n) is 5.23. The summed E-state index contributed by atoms with van der Waals surface area (Å²) in [6.45, 7) is 7.06. The van der Waals surface area contributed by atoms with Crippen LogP contribution in [-0.2, 0) is 4.74 Å². The van der Waals surface area contributed by atoms with Crippen LogP contribution < -0.4 is 0 Å². The number of halogens is 3. The van der Waals surface area contributed by atoms with E-state index in [9.17, 15) is 13.2 Å². The van der Waals surface area contributed by atoms with E-state index in [1.165, 1.54) is 19.3 Å². The second kappa shape index (κ2) is 5.08. The number of hydrogen-bond acceptors (Lipinski definition) is 3. The number of alkyl halides is 3. The number of ether oxygens (including phenoxy) is 1. The molecule has 2 saturated heterocycles. The van der Waals surface area contributed by atoms with Crippen LogP contribution in [0.5, 0.6) is 0 Å². The largest absolute Gasteiger partial charge is 0.392 e. The molecule has 2 saturated carbocycles. The monoisotopic (exact) mass is 318 g/mol. The number of nitrogens with zero attached hydrogens (tertiary/aromatic N) is 2. The van der Waals surface area contributed by atoms with Gasteiger partial charge in [-0.1, -0.05) is 0 Å². The minimum atomic E-state index is -3.96. The molecule has 22 heavy (non-hydrogen) atoms. The topological polar surface area (TPSA) is 15.7 Å². The standard InChI is InChI=1S/C16H25F3N2O/c1-2-22-10-20-4-3-15(9-20)5-11(6-15)21-7-12-13(8-21)14(12)16(17,18)19/h11-14H,2-10H2,1H3. The van der Waals surface area contributed by atoms with Crippen molar-refractivity contribution >= 4 is 0 Å². The van der Waals surface area contributed by atoms with E-state index >= 15 is 0 Å². The van der Waals surface area contributed by atoms with Crippen molar-refractivity contribution < 1.29 is 17.9 Å². The Balaban J connectivity index is 1.23. The highest BCUT2D eigenvalue weighted by Crippen LogP contribution is 2.61. The van der Waals surface area contributed by atoms with Gasteiger partial charge in [-0.2, -0.15) is 13.2 Å². The Morgan fingerprint density at radius 1 is 1.18 bits per heavy atom. The Morgan fingerprint density at radius 2 is 1.86 bits per heavy atom. The lowest BCUT2D eigenvalue weighted by Gasteiger charge is -2.50. The first-order valence-corrected chi connectivity index (χ1v) is 8.53. The Morgan fingerprint density at radius 3 is 2.45 bits per heavy atom. The first-order chi connectivity index (χ1) is 10.4. The summed E-state index contributed by atoms with van der Waals surface area (Å²) in [6.07, 6.45) is -0.395. The number of likely N-dealkylation sites (tertiary alicyclic amines) is 2. The molecule has 0 radical (unpaired) electrons. The molecule has 0 aromatic carbocycles. The maximum absolute atomic E-state index is 12.7. The summed E-state index contributed by atoms with van der Waals surface area (Å²) in [5, 5.41) is 0. The molecule has 3 nitrogen and oxygen atoms in total. The van der Waals surface area contributed by atoms with Crippen molar-refractivity contribution in [2.24, 2.45) is 23.2 Å². The van der Waals surface area contributed by atoms with E-state index in [4.69, 9.17) is 4.74 Å². The summed E-state index contributed by atoms with van der Waals surface area (Å²) in [5.74, 6) is -1.20. The number of rotatable bonds is 4. The molecule has 1 spiro atoms. The number of hydrogen-bond donors (Lipinski definition) is 0. The molecule has 0 aromatic rings. The van der Waals surface area contributed by atoms with Crippen molar-refractivity contribution in [3.8, 4) is 0 Å². The second-order valence-electron chi connectivity index (χ2n) is 7.84. The van der Waals surface area contributed by atoms with Crippen LogP contribution in [0.25, 0.3) is 0 Å². The lowest BCUT2D eigenvalue weighted by atomic mass is 9.64. The molecule has 2 unspecified atom stereocenters. The van der Waals surface area contributed by atoms with Gasteiger partial charge in [-0.15, -0.1) is 0 Å². The summed E-state index contributed by atoms with van der Waals surface area (Å²) in [5.41, 5.74) is 0.429. The highest BCUT2D eigenvalue weighted by molar-refractivity contribution is 5.12. The van der Waals surface area contributed by atoms with Crippen molar-refractivity contribution in [1.82, 2.24) is 9.80 Å². The van der Waals surface area contributed by atoms with Gasteiger partial charge in [0, 0.05) is 38.8 Å². The molecule has 6 heteroatoms. The van der Waals surface area contributed by atoms with Gasteiger partial charge in [0.25, 0.3) is 0 Å². The molecule has 0 aromatic heterocycles. The molecule has 2 aliphatic heterocycles. The van der Waals surface area contributed by atoms with Crippen molar-refractivity contribution in [1.29, 1.82) is 0 Å². The molecule has 2 atom stereocenters. The molecule has 126 valence electrons. The lowest BCUT2D eigenvalue weighted by molar-refractivity contribution is -0.158. The van der Waals surface area contributed by atoms with E-state index < -0.39 is 12.1 Å². The van der Waals surface area contributed by atoms with E-state index in [2.05, 4.69) is 9.80 Å². The summed E-state index contributed by atoms with van der Waals surface area (Å²) < 4.78 is 43.7. The Kier molecular flexibility index (Phi) is 3.51. The van der Waals surface area contributed by atoms with Crippen LogP contribution >= 0.6 is 0 Å². The average Bonchev–Trinajstić information content (AvgIpc) is 2.81. The maximum Gasteiger partial charge on any atom is 0.392 e. The molecule has 0 bridgehead atoms. The Hall–Kier alpha value is -0.330. The molecule has 0 N–H and O–H groups in total. The maximum atomic E-state index is 12.7. The third kappa shape index (κ3) is 2.47. The van der Waals surface area contributed by atoms with Crippen LogP contribution in [0.2, 0.25) is 0 Å². The van der Waals surface area contributed by atoms with Crippen LogP contribution in [-0.4, -0.2) is 61.5 Å². The van der Waals surface area contributed by atoms with Crippen molar-refractivity contribution in [2.45, 2.75) is 38.4 Å².